The number of hydrogen-bond acceptors (Lipinski definition) is 6. The SMILES string of the molecule is O=C1[C@@H]2[C@H]3C=C[C@@H]([C@@H]4C[C@@H]34)[C@@H]2C(=O)N1/N=C\c1cc(Br)c(OCc2ccc([N+](=O)[O-])cc2)c(Br)c1. The molecule has 6 atom stereocenters. The Morgan fingerprint density at radius 3 is 2.14 bits per heavy atom. The van der Waals surface area contributed by atoms with Crippen molar-refractivity contribution < 1.29 is 19.2 Å². The summed E-state index contributed by atoms with van der Waals surface area (Å²) in [5.41, 5.74) is 1.49. The quantitative estimate of drug-likeness (QED) is 0.151. The van der Waals surface area contributed by atoms with Crippen LogP contribution in [-0.2, 0) is 16.2 Å². The van der Waals surface area contributed by atoms with Gasteiger partial charge in [-0.15, -0.1) is 0 Å². The van der Waals surface area contributed by atoms with E-state index in [1.54, 1.807) is 24.3 Å². The zero-order chi connectivity index (χ0) is 24.4. The van der Waals surface area contributed by atoms with Crippen LogP contribution in [0.25, 0.3) is 0 Å². The number of carbonyl (C=O) groups is 2. The average molecular weight is 601 g/mol. The summed E-state index contributed by atoms with van der Waals surface area (Å²) in [5.74, 6) is 1.07. The summed E-state index contributed by atoms with van der Waals surface area (Å²) in [6.07, 6.45) is 6.92. The normalized spacial score (nSPS) is 30.1. The maximum absolute atomic E-state index is 13.1. The highest BCUT2D eigenvalue weighted by molar-refractivity contribution is 9.11. The van der Waals surface area contributed by atoms with Crippen LogP contribution >= 0.6 is 31.9 Å². The Labute approximate surface area is 217 Å². The number of imide groups is 1. The van der Waals surface area contributed by atoms with Gasteiger partial charge in [0.15, 0.2) is 0 Å². The molecule has 8 nitrogen and oxygen atoms in total. The molecular weight excluding hydrogens is 582 g/mol. The second-order valence-electron chi connectivity index (χ2n) is 9.41. The van der Waals surface area contributed by atoms with Crippen LogP contribution in [0.4, 0.5) is 5.69 Å². The molecule has 4 aliphatic carbocycles. The van der Waals surface area contributed by atoms with Crippen molar-refractivity contribution in [2.45, 2.75) is 13.0 Å². The van der Waals surface area contributed by atoms with Crippen molar-refractivity contribution in [1.29, 1.82) is 0 Å². The topological polar surface area (TPSA) is 102 Å². The van der Waals surface area contributed by atoms with E-state index in [-0.39, 0.29) is 47.8 Å². The Bertz CT molecular complexity index is 1270. The molecule has 7 rings (SSSR count). The first-order chi connectivity index (χ1) is 16.8. The number of allylic oxidation sites excluding steroid dienone is 2. The van der Waals surface area contributed by atoms with Gasteiger partial charge in [0.25, 0.3) is 17.5 Å². The monoisotopic (exact) mass is 599 g/mol. The molecule has 0 aromatic heterocycles. The van der Waals surface area contributed by atoms with Gasteiger partial charge in [-0.2, -0.15) is 10.1 Å². The summed E-state index contributed by atoms with van der Waals surface area (Å²) in [6, 6.07) is 9.74. The van der Waals surface area contributed by atoms with Crippen molar-refractivity contribution in [2.75, 3.05) is 0 Å². The van der Waals surface area contributed by atoms with Crippen LogP contribution < -0.4 is 4.74 Å². The van der Waals surface area contributed by atoms with Gasteiger partial charge in [0.1, 0.15) is 12.4 Å². The van der Waals surface area contributed by atoms with Crippen molar-refractivity contribution in [3.05, 3.63) is 78.7 Å². The van der Waals surface area contributed by atoms with Crippen LogP contribution in [0.5, 0.6) is 5.75 Å². The number of ether oxygens (including phenoxy) is 1. The summed E-state index contributed by atoms with van der Waals surface area (Å²) in [5, 5.41) is 16.2. The van der Waals surface area contributed by atoms with E-state index < -0.39 is 4.92 Å². The van der Waals surface area contributed by atoms with Gasteiger partial charge in [-0.05, 0) is 97.3 Å². The van der Waals surface area contributed by atoms with Crippen molar-refractivity contribution in [3.8, 4) is 5.75 Å². The molecule has 35 heavy (non-hydrogen) atoms. The zero-order valence-corrected chi connectivity index (χ0v) is 21.4. The third kappa shape index (κ3) is 3.74. The molecule has 2 saturated carbocycles. The van der Waals surface area contributed by atoms with E-state index in [0.29, 0.717) is 32.1 Å². The van der Waals surface area contributed by atoms with Gasteiger partial charge in [-0.1, -0.05) is 12.2 Å². The molecule has 5 aliphatic rings. The number of halogens is 2. The molecule has 2 bridgehead atoms. The number of rotatable bonds is 6. The number of hydrogen-bond donors (Lipinski definition) is 0. The number of amides is 2. The fraction of sp³-hybridized carbons (Fsp3) is 0.320. The van der Waals surface area contributed by atoms with Crippen LogP contribution in [0.15, 0.2) is 62.6 Å². The number of non-ortho nitro benzene ring substituents is 1. The number of carbonyl (C=O) groups excluding carboxylic acids is 2. The van der Waals surface area contributed by atoms with Crippen LogP contribution in [0.1, 0.15) is 17.5 Å². The minimum absolute atomic E-state index is 0.0229. The van der Waals surface area contributed by atoms with Gasteiger partial charge in [-0.25, -0.2) is 0 Å². The highest BCUT2D eigenvalue weighted by atomic mass is 79.9. The predicted molar refractivity (Wildman–Crippen MR) is 133 cm³/mol. The smallest absolute Gasteiger partial charge is 0.269 e. The van der Waals surface area contributed by atoms with E-state index in [4.69, 9.17) is 4.74 Å². The first-order valence-electron chi connectivity index (χ1n) is 11.3. The van der Waals surface area contributed by atoms with Crippen LogP contribution in [-0.4, -0.2) is 28.0 Å². The third-order valence-electron chi connectivity index (χ3n) is 7.51. The lowest BCUT2D eigenvalue weighted by Crippen LogP contribution is -2.40. The number of nitro benzene ring substituents is 1. The molecule has 0 unspecified atom stereocenters. The van der Waals surface area contributed by atoms with Crippen LogP contribution in [0, 0.1) is 45.6 Å². The second kappa shape index (κ2) is 8.37. The Balaban J connectivity index is 1.16. The molecule has 0 N–H and O–H groups in total. The van der Waals surface area contributed by atoms with Gasteiger partial charge in [0.2, 0.25) is 0 Å². The van der Waals surface area contributed by atoms with Gasteiger partial charge in [-0.3, -0.25) is 19.7 Å². The molecule has 0 radical (unpaired) electrons. The highest BCUT2D eigenvalue weighted by Crippen LogP contribution is 2.65. The van der Waals surface area contributed by atoms with Crippen LogP contribution in [0.2, 0.25) is 0 Å². The van der Waals surface area contributed by atoms with Gasteiger partial charge in [0.05, 0.1) is 31.9 Å². The van der Waals surface area contributed by atoms with Crippen LogP contribution in [0.3, 0.4) is 0 Å². The van der Waals surface area contributed by atoms with Crippen molar-refractivity contribution in [2.24, 2.45) is 40.6 Å². The van der Waals surface area contributed by atoms with Crippen molar-refractivity contribution >= 4 is 55.6 Å². The standard InChI is InChI=1S/C25H19Br2N3O5/c26-19-7-13(8-20(27)23(19)35-11-12-1-3-14(4-2-12)30(33)34)10-28-29-24(31)21-15-5-6-16(18-9-17(15)18)22(21)25(29)32/h1-8,10,15-18,21-22H,9,11H2/b28-10-/t15-,16-,17-,18-,21-,22+/m0/s1. The van der Waals surface area contributed by atoms with Gasteiger partial charge < -0.3 is 4.74 Å². The van der Waals surface area contributed by atoms with E-state index in [1.807, 2.05) is 0 Å². The number of nitrogens with zero attached hydrogens (tertiary/aromatic N) is 3. The van der Waals surface area contributed by atoms with Crippen molar-refractivity contribution in [1.82, 2.24) is 5.01 Å². The molecule has 1 heterocycles. The maximum atomic E-state index is 13.1. The molecule has 1 saturated heterocycles. The number of nitro groups is 1. The first-order valence-corrected chi connectivity index (χ1v) is 12.9. The summed E-state index contributed by atoms with van der Waals surface area (Å²) in [4.78, 5) is 36.5. The molecular formula is C25H19Br2N3O5. The Kier molecular flexibility index (Phi) is 5.41. The molecule has 2 aromatic carbocycles. The minimum atomic E-state index is -0.446. The van der Waals surface area contributed by atoms with E-state index >= 15 is 0 Å². The molecule has 0 spiro atoms. The molecule has 2 aromatic rings. The lowest BCUT2D eigenvalue weighted by atomic mass is 9.63. The van der Waals surface area contributed by atoms with Gasteiger partial charge >= 0.3 is 0 Å². The molecule has 10 heteroatoms. The van der Waals surface area contributed by atoms with Crippen molar-refractivity contribution in [3.63, 3.8) is 0 Å². The average Bonchev–Trinajstić information content (AvgIpc) is 3.62. The van der Waals surface area contributed by atoms with E-state index in [1.165, 1.54) is 18.3 Å². The van der Waals surface area contributed by atoms with E-state index in [9.17, 15) is 19.7 Å². The predicted octanol–water partition coefficient (Wildman–Crippen LogP) is 5.09. The first kappa shape index (κ1) is 22.6. The largest absolute Gasteiger partial charge is 0.487 e. The number of benzene rings is 2. The molecule has 178 valence electrons. The summed E-state index contributed by atoms with van der Waals surface area (Å²) >= 11 is 7.01. The van der Waals surface area contributed by atoms with Gasteiger partial charge in [0, 0.05) is 12.1 Å². The molecule has 1 aliphatic heterocycles. The van der Waals surface area contributed by atoms with E-state index in [2.05, 4.69) is 49.1 Å². The molecule has 2 amide bonds. The van der Waals surface area contributed by atoms with E-state index in [0.717, 1.165) is 17.0 Å². The number of hydrazone groups is 1. The summed E-state index contributed by atoms with van der Waals surface area (Å²) in [7, 11) is 0. The minimum Gasteiger partial charge on any atom is -0.487 e. The fourth-order valence-corrected chi connectivity index (χ4v) is 7.29. The Hall–Kier alpha value is -2.85. The zero-order valence-electron chi connectivity index (χ0n) is 18.2. The fourth-order valence-electron chi connectivity index (χ4n) is 5.84. The summed E-state index contributed by atoms with van der Waals surface area (Å²) < 4.78 is 7.21. The summed E-state index contributed by atoms with van der Waals surface area (Å²) in [6.45, 7) is 0.223. The third-order valence-corrected chi connectivity index (χ3v) is 8.69. The second-order valence-corrected chi connectivity index (χ2v) is 11.1. The Morgan fingerprint density at radius 1 is 1.03 bits per heavy atom. The lowest BCUT2D eigenvalue weighted by Gasteiger charge is -2.37. The highest BCUT2D eigenvalue weighted by Gasteiger charge is 2.67. The lowest BCUT2D eigenvalue weighted by molar-refractivity contribution is -0.384. The maximum Gasteiger partial charge on any atom is 0.269 e. The Morgan fingerprint density at radius 2 is 1.60 bits per heavy atom. The molecule has 3 fully saturated rings.